The molecule has 4 aliphatic heterocycles. The Labute approximate surface area is 357 Å². The summed E-state index contributed by atoms with van der Waals surface area (Å²) in [6, 6.07) is -3.31. The molecule has 4 rings (SSSR count). The first-order chi connectivity index (χ1) is 30.8. The van der Waals surface area contributed by atoms with Crippen molar-refractivity contribution in [2.45, 2.75) is 137 Å². The molecule has 33 heteroatoms. The third-order valence-electron chi connectivity index (χ3n) is 9.62. The fourth-order valence-electron chi connectivity index (χ4n) is 7.01. The van der Waals surface area contributed by atoms with E-state index in [-0.39, 0.29) is 19.6 Å². The second-order valence-corrected chi connectivity index (χ2v) is 13.6. The van der Waals surface area contributed by atoms with Gasteiger partial charge >= 0.3 is 0 Å². The third-order valence-corrected chi connectivity index (χ3v) is 9.62. The summed E-state index contributed by atoms with van der Waals surface area (Å²) in [6.07, 6.45) is -34.1. The molecule has 9 unspecified atom stereocenters. The van der Waals surface area contributed by atoms with Gasteiger partial charge in [0.2, 0.25) is 24.4 Å². The summed E-state index contributed by atoms with van der Waals surface area (Å²) in [6.45, 7) is 3.08. The first kappa shape index (κ1) is 53.2. The predicted molar refractivity (Wildman–Crippen MR) is 181 cm³/mol. The second-order valence-electron chi connectivity index (χ2n) is 13.6. The maximum atomic E-state index is 12.7. The van der Waals surface area contributed by atoms with Gasteiger partial charge < -0.3 is 83.5 Å². The van der Waals surface area contributed by atoms with E-state index in [2.05, 4.69) is 51.9 Å². The van der Waals surface area contributed by atoms with Gasteiger partial charge in [0.05, 0.1) is 19.8 Å². The molecule has 0 aromatic rings. The fraction of sp³-hybridized carbons (Fsp3) is 0.806. The third kappa shape index (κ3) is 12.9. The molecule has 2 amide bonds. The van der Waals surface area contributed by atoms with Crippen LogP contribution in [0.3, 0.4) is 0 Å². The maximum Gasteiger partial charge on any atom is 0.295 e. The Balaban J connectivity index is 1.75. The smallest absolute Gasteiger partial charge is 0.295 e. The van der Waals surface area contributed by atoms with Crippen molar-refractivity contribution in [2.75, 3.05) is 19.8 Å². The molecular formula is C31H48N2O31. The summed E-state index contributed by atoms with van der Waals surface area (Å²) in [5.41, 5.74) is 0. The van der Waals surface area contributed by atoms with E-state index in [4.69, 9.17) is 62.9 Å². The molecular weight excluding hydrogens is 896 g/mol. The van der Waals surface area contributed by atoms with Crippen molar-refractivity contribution in [3.63, 3.8) is 0 Å². The highest BCUT2D eigenvalue weighted by Gasteiger charge is 2.59. The van der Waals surface area contributed by atoms with Gasteiger partial charge in [-0.1, -0.05) is 26.2 Å². The number of nitrogens with one attached hydrogen (secondary N) is 2. The maximum absolute atomic E-state index is 12.7. The van der Waals surface area contributed by atoms with E-state index in [0.29, 0.717) is 0 Å². The molecule has 4 saturated heterocycles. The molecule has 20 atom stereocenters. The fourth-order valence-corrected chi connectivity index (χ4v) is 7.01. The molecule has 368 valence electrons. The van der Waals surface area contributed by atoms with Crippen LogP contribution in [0, 0.1) is 0 Å². The standard InChI is InChI=1S/C31H48N2O31/c1-4-5-47-26-14(32-10(2)38)19(16(40)12(6-34)50-26)52-31-25(60-64-46)22(58-62-44)23(29(56-31)49-9-37)54-27-15(33-11(3)39)20(17(41)13(7-35)51-27)53-30-24(59-63-45)21(57-61-43)18(42)28(55-30)48-8-36/h4,8-9,12-31,34-35,40-46H,1,5-7H2,2-3H3,(H,32,38)(H,33,39)/t12?,13?,14-,15-,16-,17-,18?,19+,20+,21-,22-,23-,24-,25-,26?,27?,28?,29?,30?,31?/m0/s1. The lowest BCUT2D eigenvalue weighted by Crippen LogP contribution is -2.70. The number of carbonyl (C=O) groups is 4. The quantitative estimate of drug-likeness (QED) is 0.0175. The summed E-state index contributed by atoms with van der Waals surface area (Å²) in [5, 5.41) is 110. The first-order valence-corrected chi connectivity index (χ1v) is 18.4. The number of amides is 2. The van der Waals surface area contributed by atoms with Crippen LogP contribution in [0.15, 0.2) is 12.7 Å². The summed E-state index contributed by atoms with van der Waals surface area (Å²) in [4.78, 5) is 67.2. The van der Waals surface area contributed by atoms with E-state index >= 15 is 0 Å². The summed E-state index contributed by atoms with van der Waals surface area (Å²) in [7, 11) is 0. The average Bonchev–Trinajstić information content (AvgIpc) is 3.25. The molecule has 0 spiro atoms. The SMILES string of the molecule is C=CCOC1OC(CO)[C@H](O)[C@H](OC2OC(OC=O)[C@@H](OC3OC(CO)[C@H](O)[C@H](OC4OC(OC=O)C(O)[C@H](OOO)[C@@H]4OOO)[C@@H]3NC(C)=O)[C@H](OOO)[C@@H]2OOO)[C@@H]1NC(C)=O. The molecule has 4 aliphatic rings. The molecule has 0 aromatic carbocycles. The van der Waals surface area contributed by atoms with Gasteiger partial charge in [-0.3, -0.25) is 19.2 Å². The molecule has 4 heterocycles. The van der Waals surface area contributed by atoms with Crippen LogP contribution in [0.5, 0.6) is 0 Å². The minimum atomic E-state index is -2.17. The van der Waals surface area contributed by atoms with Crippen molar-refractivity contribution in [3.8, 4) is 0 Å². The van der Waals surface area contributed by atoms with Gasteiger partial charge in [0.15, 0.2) is 55.7 Å². The Morgan fingerprint density at radius 3 is 1.44 bits per heavy atom. The number of rotatable bonds is 25. The Morgan fingerprint density at radius 2 is 0.969 bits per heavy atom. The predicted octanol–water partition coefficient (Wildman–Crippen LogP) is -6.26. The number of hydrogen-bond acceptors (Lipinski definition) is 31. The first-order valence-electron chi connectivity index (χ1n) is 18.4. The van der Waals surface area contributed by atoms with Crippen molar-refractivity contribution in [3.05, 3.63) is 12.7 Å². The van der Waals surface area contributed by atoms with E-state index < -0.39 is 148 Å². The van der Waals surface area contributed by atoms with Crippen LogP contribution in [0.25, 0.3) is 0 Å². The van der Waals surface area contributed by atoms with Crippen molar-refractivity contribution >= 4 is 24.8 Å². The minimum Gasteiger partial charge on any atom is -0.435 e. The lowest BCUT2D eigenvalue weighted by molar-refractivity contribution is -0.576. The monoisotopic (exact) mass is 944 g/mol. The average molecular weight is 945 g/mol. The molecule has 11 N–H and O–H groups in total. The molecule has 0 saturated carbocycles. The molecule has 0 bridgehead atoms. The summed E-state index contributed by atoms with van der Waals surface area (Å²) < 4.78 is 55.8. The zero-order valence-corrected chi connectivity index (χ0v) is 33.1. The number of hydrogen-bond donors (Lipinski definition) is 11. The van der Waals surface area contributed by atoms with Crippen molar-refractivity contribution in [1.82, 2.24) is 10.6 Å². The molecule has 0 aromatic heterocycles. The Bertz CT molecular complexity index is 1450. The summed E-state index contributed by atoms with van der Waals surface area (Å²) >= 11 is 0. The van der Waals surface area contributed by atoms with E-state index in [1.54, 1.807) is 0 Å². The van der Waals surface area contributed by atoms with Crippen LogP contribution in [0.1, 0.15) is 13.8 Å². The van der Waals surface area contributed by atoms with Gasteiger partial charge in [0.1, 0.15) is 54.8 Å². The lowest BCUT2D eigenvalue weighted by atomic mass is 9.95. The van der Waals surface area contributed by atoms with Crippen LogP contribution in [0.2, 0.25) is 0 Å². The Kier molecular flexibility index (Phi) is 21.7. The molecule has 0 radical (unpaired) electrons. The molecule has 0 aliphatic carbocycles. The molecule has 64 heavy (non-hydrogen) atoms. The largest absolute Gasteiger partial charge is 0.435 e. The van der Waals surface area contributed by atoms with Crippen LogP contribution in [0.4, 0.5) is 0 Å². The molecule has 33 nitrogen and oxygen atoms in total. The lowest BCUT2D eigenvalue weighted by Gasteiger charge is -2.50. The van der Waals surface area contributed by atoms with Gasteiger partial charge in [0, 0.05) is 13.8 Å². The Morgan fingerprint density at radius 1 is 0.547 bits per heavy atom. The Hall–Kier alpha value is -3.38. The van der Waals surface area contributed by atoms with Crippen molar-refractivity contribution in [2.24, 2.45) is 0 Å². The number of carbonyl (C=O) groups excluding carboxylic acids is 4. The zero-order chi connectivity index (χ0) is 47.1. The number of aliphatic hydroxyl groups excluding tert-OH is 5. The van der Waals surface area contributed by atoms with Crippen molar-refractivity contribution < 1.29 is 153 Å². The van der Waals surface area contributed by atoms with Gasteiger partial charge in [-0.25, -0.2) is 21.0 Å². The van der Waals surface area contributed by atoms with Crippen LogP contribution >= 0.6 is 0 Å². The van der Waals surface area contributed by atoms with E-state index in [0.717, 1.165) is 13.8 Å². The molecule has 4 fully saturated rings. The van der Waals surface area contributed by atoms with Gasteiger partial charge in [0.25, 0.3) is 12.9 Å². The van der Waals surface area contributed by atoms with Gasteiger partial charge in [-0.05, 0) is 0 Å². The number of aliphatic hydroxyl groups is 5. The minimum absolute atomic E-state index is 0.183. The van der Waals surface area contributed by atoms with E-state index in [1.807, 2.05) is 0 Å². The normalized spacial score (nSPS) is 40.2. The van der Waals surface area contributed by atoms with Gasteiger partial charge in [-0.2, -0.15) is 19.6 Å². The summed E-state index contributed by atoms with van der Waals surface area (Å²) in [5.74, 6) is -1.62. The zero-order valence-electron chi connectivity index (χ0n) is 33.1. The number of ether oxygens (including phenoxy) is 10. The van der Waals surface area contributed by atoms with E-state index in [9.17, 15) is 55.2 Å². The highest BCUT2D eigenvalue weighted by molar-refractivity contribution is 5.73. The van der Waals surface area contributed by atoms with Crippen LogP contribution in [-0.2, 0) is 106 Å². The highest BCUT2D eigenvalue weighted by Crippen LogP contribution is 2.37. The van der Waals surface area contributed by atoms with Gasteiger partial charge in [-0.15, -0.1) is 6.58 Å². The topological polar surface area (TPSA) is 441 Å². The van der Waals surface area contributed by atoms with Crippen LogP contribution < -0.4 is 10.6 Å². The van der Waals surface area contributed by atoms with Crippen LogP contribution in [-0.4, -0.2) is 214 Å². The highest BCUT2D eigenvalue weighted by atomic mass is 17.5. The second kappa shape index (κ2) is 26.1. The van der Waals surface area contributed by atoms with Crippen molar-refractivity contribution in [1.29, 1.82) is 0 Å². The van der Waals surface area contributed by atoms with E-state index in [1.165, 1.54) is 6.08 Å².